The number of fused-ring (bicyclic) bond motifs is 9. The predicted octanol–water partition coefficient (Wildman–Crippen LogP) is 7.17. The molecule has 18 heteroatoms. The third-order valence-corrected chi connectivity index (χ3v) is 15.7. The predicted molar refractivity (Wildman–Crippen MR) is 252 cm³/mol. The summed E-state index contributed by atoms with van der Waals surface area (Å²) in [6.45, 7) is 13.0. The van der Waals surface area contributed by atoms with Gasteiger partial charge in [-0.3, -0.25) is 19.9 Å². The number of hydrogen-bond acceptors (Lipinski definition) is 18. The van der Waals surface area contributed by atoms with Crippen LogP contribution in [0, 0.1) is 25.2 Å². The molecular formula is C51H62N4O13S. The van der Waals surface area contributed by atoms with Crippen LogP contribution in [0.1, 0.15) is 122 Å². The fourth-order valence-electron chi connectivity index (χ4n) is 11.4. The summed E-state index contributed by atoms with van der Waals surface area (Å²) >= 11 is 1.49. The summed E-state index contributed by atoms with van der Waals surface area (Å²) in [7, 11) is 5.04. The van der Waals surface area contributed by atoms with Crippen LogP contribution in [-0.4, -0.2) is 110 Å². The van der Waals surface area contributed by atoms with Crippen molar-refractivity contribution in [2.45, 2.75) is 140 Å². The monoisotopic (exact) mass is 970 g/mol. The summed E-state index contributed by atoms with van der Waals surface area (Å²) in [5.74, 6) is 1.65. The topological polar surface area (TPSA) is 197 Å². The van der Waals surface area contributed by atoms with Crippen LogP contribution in [0.5, 0.6) is 40.2 Å². The molecule has 69 heavy (non-hydrogen) atoms. The second-order valence-electron chi connectivity index (χ2n) is 19.6. The van der Waals surface area contributed by atoms with Crippen molar-refractivity contribution in [3.63, 3.8) is 0 Å². The Morgan fingerprint density at radius 3 is 2.45 bits per heavy atom. The number of aryl methyl sites for hydroxylation is 1. The Morgan fingerprint density at radius 2 is 1.75 bits per heavy atom. The molecule has 370 valence electrons. The number of likely N-dealkylation sites (N-methyl/N-ethyl adjacent to an activating group) is 1. The van der Waals surface area contributed by atoms with Crippen LogP contribution < -0.4 is 38.5 Å². The van der Waals surface area contributed by atoms with Crippen molar-refractivity contribution in [1.29, 1.82) is 5.26 Å². The Bertz CT molecular complexity index is 2610. The quantitative estimate of drug-likeness (QED) is 0.0897. The molecule has 0 saturated carbocycles. The van der Waals surface area contributed by atoms with Crippen LogP contribution in [0.3, 0.4) is 0 Å². The summed E-state index contributed by atoms with van der Waals surface area (Å²) in [4.78, 5) is 46.2. The van der Waals surface area contributed by atoms with Crippen LogP contribution in [0.2, 0.25) is 0 Å². The third kappa shape index (κ3) is 8.17. The molecular weight excluding hydrogens is 909 g/mol. The normalized spacial score (nSPS) is 26.0. The number of hydrogen-bond donors (Lipinski definition) is 2. The van der Waals surface area contributed by atoms with E-state index in [1.807, 2.05) is 34.7 Å². The van der Waals surface area contributed by atoms with Gasteiger partial charge < -0.3 is 47.7 Å². The number of thioether (sulfide) groups is 1. The maximum absolute atomic E-state index is 15.3. The number of nitrogens with one attached hydrogen (secondary N) is 1. The van der Waals surface area contributed by atoms with E-state index in [0.717, 1.165) is 27.8 Å². The Morgan fingerprint density at radius 1 is 0.986 bits per heavy atom. The molecule has 10 rings (SSSR count). The molecule has 2 N–H and O–H groups in total. The van der Waals surface area contributed by atoms with E-state index in [1.54, 1.807) is 40.0 Å². The van der Waals surface area contributed by atoms with E-state index >= 15 is 4.79 Å². The van der Waals surface area contributed by atoms with Crippen LogP contribution >= 0.6 is 11.8 Å². The number of ether oxygens (including phenoxy) is 9. The lowest BCUT2D eigenvalue weighted by Crippen LogP contribution is -2.69. The average molecular weight is 971 g/mol. The van der Waals surface area contributed by atoms with E-state index in [-0.39, 0.29) is 43.1 Å². The zero-order valence-corrected chi connectivity index (χ0v) is 41.8. The number of benzene rings is 3. The molecule has 3 aromatic rings. The zero-order valence-electron chi connectivity index (χ0n) is 40.9. The first-order valence-electron chi connectivity index (χ1n) is 23.8. The van der Waals surface area contributed by atoms with Gasteiger partial charge in [-0.15, -0.1) is 11.8 Å². The van der Waals surface area contributed by atoms with Gasteiger partial charge in [0.1, 0.15) is 24.0 Å². The van der Waals surface area contributed by atoms with E-state index in [2.05, 4.69) is 27.3 Å². The van der Waals surface area contributed by atoms with Gasteiger partial charge in [0.2, 0.25) is 6.79 Å². The number of esters is 2. The maximum Gasteiger partial charge on any atom is 0.514 e. The van der Waals surface area contributed by atoms with Gasteiger partial charge >= 0.3 is 18.1 Å². The van der Waals surface area contributed by atoms with Crippen LogP contribution in [0.4, 0.5) is 4.79 Å². The highest BCUT2D eigenvalue weighted by molar-refractivity contribution is 7.99. The van der Waals surface area contributed by atoms with Crippen molar-refractivity contribution in [2.75, 3.05) is 47.0 Å². The van der Waals surface area contributed by atoms with Gasteiger partial charge in [0, 0.05) is 59.5 Å². The molecule has 7 aliphatic rings. The minimum absolute atomic E-state index is 0.0721. The first-order chi connectivity index (χ1) is 33.0. The molecule has 3 aromatic carbocycles. The third-order valence-electron chi connectivity index (χ3n) is 14.2. The van der Waals surface area contributed by atoms with Gasteiger partial charge in [-0.25, -0.2) is 9.59 Å². The summed E-state index contributed by atoms with van der Waals surface area (Å²) < 4.78 is 55.3. The zero-order chi connectivity index (χ0) is 49.3. The van der Waals surface area contributed by atoms with Gasteiger partial charge in [-0.1, -0.05) is 26.3 Å². The smallest absolute Gasteiger partial charge is 0.493 e. The summed E-state index contributed by atoms with van der Waals surface area (Å²) in [5, 5.41) is 25.9. The average Bonchev–Trinajstić information content (AvgIpc) is 3.79. The Kier molecular flexibility index (Phi) is 13.2. The van der Waals surface area contributed by atoms with Crippen molar-refractivity contribution < 1.29 is 62.1 Å². The largest absolute Gasteiger partial charge is 0.514 e. The van der Waals surface area contributed by atoms with Gasteiger partial charge in [-0.05, 0) is 95.3 Å². The summed E-state index contributed by atoms with van der Waals surface area (Å²) in [5.41, 5.74) is 3.60. The molecule has 4 bridgehead atoms. The lowest BCUT2D eigenvalue weighted by Gasteiger charge is -2.62. The number of carbonyl (C=O) groups is 3. The first-order valence-corrected chi connectivity index (χ1v) is 24.8. The SMILES string of the molecule is CCCC(=O)Oc1c(OC)c(C)cc2c1[C@H]1C3[C@@H]4SC[C@]5(NCCc6cc(OC(=O)OC(C)(C)C)c(OC)cc65)C(=O)OC[C@@H](c5c6c(c(C)c(OC(O)CCC)c54)OCO6)N3[C@@H](C#N)[C@@H](C2)N1C. The molecule has 0 aliphatic carbocycles. The maximum atomic E-state index is 15.3. The van der Waals surface area contributed by atoms with Crippen molar-refractivity contribution in [2.24, 2.45) is 0 Å². The van der Waals surface area contributed by atoms with E-state index < -0.39 is 64.9 Å². The number of aliphatic hydroxyl groups excluding tert-OH is 1. The van der Waals surface area contributed by atoms with Gasteiger partial charge in [0.05, 0.1) is 37.6 Å². The molecule has 2 fully saturated rings. The Hall–Kier alpha value is -5.45. The first kappa shape index (κ1) is 48.6. The second kappa shape index (κ2) is 18.7. The standard InChI is InChI=1S/C51H62N4O13S/c1-11-13-35(56)66-43-26(4)44-45(64-24-63-44)38-32-22-62-48(58)51(29-20-33(60-9)34(19-27(29)15-16-53-51)65-49(59)68-50(5,6)7)23-69-47(39(38)43)41-40-37-28(18-30(54(40)8)31(21-52)55(32)41)17-25(3)42(61-10)46(37)67-36(57)14-12-2/h17,19-20,30-32,35,40-41,47,53,56H,11-16,18,22-24H2,1-10H3/t30-,31+,32+,35?,40+,41?,47-,51-/m1/s1. The molecule has 0 amide bonds. The van der Waals surface area contributed by atoms with Crippen LogP contribution in [0.15, 0.2) is 18.2 Å². The minimum Gasteiger partial charge on any atom is -0.493 e. The minimum atomic E-state index is -1.46. The number of nitrogens with zero attached hydrogens (tertiary/aromatic N) is 3. The molecule has 2 saturated heterocycles. The van der Waals surface area contributed by atoms with E-state index in [0.29, 0.717) is 84.1 Å². The summed E-state index contributed by atoms with van der Waals surface area (Å²) in [6, 6.07) is 5.22. The molecule has 17 nitrogen and oxygen atoms in total. The Labute approximate surface area is 406 Å². The number of nitriles is 1. The van der Waals surface area contributed by atoms with Gasteiger partial charge in [0.15, 0.2) is 46.3 Å². The van der Waals surface area contributed by atoms with Gasteiger partial charge in [-0.2, -0.15) is 5.26 Å². The molecule has 0 radical (unpaired) electrons. The van der Waals surface area contributed by atoms with Crippen molar-refractivity contribution >= 4 is 29.9 Å². The second-order valence-corrected chi connectivity index (χ2v) is 20.7. The summed E-state index contributed by atoms with van der Waals surface area (Å²) in [6.07, 6.45) is 0.657. The van der Waals surface area contributed by atoms with Crippen molar-refractivity contribution in [1.82, 2.24) is 15.1 Å². The van der Waals surface area contributed by atoms with E-state index in [1.165, 1.54) is 18.9 Å². The number of carbonyl (C=O) groups excluding carboxylic acids is 3. The highest BCUT2D eigenvalue weighted by Gasteiger charge is 2.62. The number of rotatable bonds is 10. The van der Waals surface area contributed by atoms with E-state index in [4.69, 9.17) is 42.6 Å². The fraction of sp³-hybridized carbons (Fsp3) is 0.569. The fourth-order valence-corrected chi connectivity index (χ4v) is 13.1. The highest BCUT2D eigenvalue weighted by atomic mass is 32.2. The lowest BCUT2D eigenvalue weighted by atomic mass is 9.71. The van der Waals surface area contributed by atoms with Crippen molar-refractivity contribution in [3.05, 3.63) is 62.7 Å². The molecule has 0 aromatic heterocycles. The van der Waals surface area contributed by atoms with E-state index in [9.17, 15) is 20.0 Å². The molecule has 1 spiro atoms. The van der Waals surface area contributed by atoms with Crippen molar-refractivity contribution in [3.8, 4) is 46.3 Å². The molecule has 8 atom stereocenters. The van der Waals surface area contributed by atoms with Crippen LogP contribution in [0.25, 0.3) is 0 Å². The number of aliphatic hydroxyl groups is 1. The Balaban J connectivity index is 1.28. The highest BCUT2D eigenvalue weighted by Crippen LogP contribution is 2.65. The molecule has 7 heterocycles. The van der Waals surface area contributed by atoms with Gasteiger partial charge in [0.25, 0.3) is 0 Å². The number of piperazine rings is 1. The molecule has 7 aliphatic heterocycles. The van der Waals surface area contributed by atoms with Crippen LogP contribution in [-0.2, 0) is 37.4 Å². The number of methoxy groups -OCH3 is 2. The molecule has 2 unspecified atom stereocenters. The lowest BCUT2D eigenvalue weighted by molar-refractivity contribution is -0.157.